The third-order valence-electron chi connectivity index (χ3n) is 1.91. The van der Waals surface area contributed by atoms with E-state index in [1.165, 1.54) is 24.3 Å². The summed E-state index contributed by atoms with van der Waals surface area (Å²) in [6, 6.07) is 5.42. The number of carbonyl (C=O) groups is 1. The monoisotopic (exact) mass is 221 g/mol. The molecule has 0 aliphatic heterocycles. The molecule has 0 unspecified atom stereocenters. The van der Waals surface area contributed by atoms with Gasteiger partial charge in [0.25, 0.3) is 0 Å². The van der Waals surface area contributed by atoms with Crippen molar-refractivity contribution in [1.29, 1.82) is 0 Å². The minimum absolute atomic E-state index is 0.254. The van der Waals surface area contributed by atoms with Crippen LogP contribution >= 0.6 is 0 Å². The number of rotatable bonds is 3. The number of carboxylic acid groups (broad SMARTS) is 1. The molecule has 1 heterocycles. The van der Waals surface area contributed by atoms with E-state index in [4.69, 9.17) is 0 Å². The Hall–Kier alpha value is -2.31. The second-order valence-corrected chi connectivity index (χ2v) is 3.04. The Morgan fingerprint density at radius 2 is 2.06 bits per heavy atom. The van der Waals surface area contributed by atoms with Crippen LogP contribution < -0.4 is 5.11 Å². The van der Waals surface area contributed by atoms with Crippen molar-refractivity contribution in [3.05, 3.63) is 30.1 Å². The van der Waals surface area contributed by atoms with Crippen molar-refractivity contribution in [2.24, 2.45) is 0 Å². The van der Waals surface area contributed by atoms with Crippen LogP contribution in [-0.2, 0) is 11.3 Å². The van der Waals surface area contributed by atoms with Gasteiger partial charge in [0, 0.05) is 5.56 Å². The number of hydrogen-bond donors (Lipinski definition) is 0. The van der Waals surface area contributed by atoms with Gasteiger partial charge in [-0.25, -0.2) is 9.07 Å². The van der Waals surface area contributed by atoms with Crippen LogP contribution in [0, 0.1) is 5.82 Å². The molecule has 0 radical (unpaired) electrons. The van der Waals surface area contributed by atoms with Gasteiger partial charge in [-0.05, 0) is 34.7 Å². The zero-order valence-corrected chi connectivity index (χ0v) is 8.00. The fraction of sp³-hybridized carbons (Fsp3) is 0.111. The average molecular weight is 221 g/mol. The van der Waals surface area contributed by atoms with Gasteiger partial charge >= 0.3 is 0 Å². The van der Waals surface area contributed by atoms with Crippen LogP contribution in [0.3, 0.4) is 0 Å². The highest BCUT2D eigenvalue weighted by Gasteiger charge is 2.08. The van der Waals surface area contributed by atoms with Gasteiger partial charge in [-0.1, -0.05) is 0 Å². The molecule has 0 saturated carbocycles. The Kier molecular flexibility index (Phi) is 2.59. The first-order valence-electron chi connectivity index (χ1n) is 4.39. The molecule has 6 nitrogen and oxygen atoms in total. The lowest BCUT2D eigenvalue weighted by Crippen LogP contribution is -2.28. The van der Waals surface area contributed by atoms with Gasteiger partial charge in [-0.2, -0.15) is 0 Å². The van der Waals surface area contributed by atoms with Gasteiger partial charge in [0.1, 0.15) is 5.82 Å². The van der Waals surface area contributed by atoms with E-state index in [1.807, 2.05) is 0 Å². The average Bonchev–Trinajstić information content (AvgIpc) is 2.66. The van der Waals surface area contributed by atoms with Crippen LogP contribution in [0.2, 0.25) is 0 Å². The summed E-state index contributed by atoms with van der Waals surface area (Å²) in [7, 11) is 0. The van der Waals surface area contributed by atoms with Gasteiger partial charge < -0.3 is 9.90 Å². The molecule has 16 heavy (non-hydrogen) atoms. The lowest BCUT2D eigenvalue weighted by Gasteiger charge is -2.04. The van der Waals surface area contributed by atoms with E-state index in [2.05, 4.69) is 15.5 Å². The first-order chi connectivity index (χ1) is 7.66. The van der Waals surface area contributed by atoms with Crippen LogP contribution in [0.25, 0.3) is 11.4 Å². The third kappa shape index (κ3) is 2.02. The molecular formula is C9H6FN4O2-. The summed E-state index contributed by atoms with van der Waals surface area (Å²) >= 11 is 0. The van der Waals surface area contributed by atoms with Crippen molar-refractivity contribution in [2.45, 2.75) is 6.54 Å². The lowest BCUT2D eigenvalue weighted by molar-refractivity contribution is -0.306. The number of hydrogen-bond acceptors (Lipinski definition) is 5. The van der Waals surface area contributed by atoms with Crippen LogP contribution in [0.15, 0.2) is 24.3 Å². The standard InChI is InChI=1S/C9H7FN4O2/c10-7-3-1-6(2-4-7)9-11-12-13-14(9)5-8(15)16/h1-4H,5H2,(H,15,16)/p-1. The van der Waals surface area contributed by atoms with E-state index in [0.717, 1.165) is 4.68 Å². The number of aliphatic carboxylic acids is 1. The predicted octanol–water partition coefficient (Wildman–Crippen LogP) is -0.771. The van der Waals surface area contributed by atoms with Gasteiger partial charge in [0.2, 0.25) is 0 Å². The molecule has 0 aliphatic carbocycles. The van der Waals surface area contributed by atoms with E-state index in [0.29, 0.717) is 5.56 Å². The summed E-state index contributed by atoms with van der Waals surface area (Å²) < 4.78 is 13.7. The molecule has 0 saturated heterocycles. The molecule has 2 rings (SSSR count). The molecule has 82 valence electrons. The fourth-order valence-electron chi connectivity index (χ4n) is 1.24. The van der Waals surface area contributed by atoms with E-state index in [-0.39, 0.29) is 11.6 Å². The van der Waals surface area contributed by atoms with Crippen molar-refractivity contribution in [3.63, 3.8) is 0 Å². The number of tetrazole rings is 1. The number of halogens is 1. The van der Waals surface area contributed by atoms with Crippen molar-refractivity contribution >= 4 is 5.97 Å². The Labute approximate surface area is 89.3 Å². The SMILES string of the molecule is O=C([O-])Cn1nnnc1-c1ccc(F)cc1. The zero-order valence-electron chi connectivity index (χ0n) is 8.00. The molecule has 0 fully saturated rings. The molecular weight excluding hydrogens is 215 g/mol. The van der Waals surface area contributed by atoms with Crippen LogP contribution in [-0.4, -0.2) is 26.2 Å². The van der Waals surface area contributed by atoms with Crippen molar-refractivity contribution in [3.8, 4) is 11.4 Å². The highest BCUT2D eigenvalue weighted by atomic mass is 19.1. The Morgan fingerprint density at radius 1 is 1.38 bits per heavy atom. The molecule has 0 atom stereocenters. The summed E-state index contributed by atoms with van der Waals surface area (Å²) in [6.45, 7) is -0.445. The van der Waals surface area contributed by atoms with Gasteiger partial charge in [-0.15, -0.1) is 5.10 Å². The van der Waals surface area contributed by atoms with Gasteiger partial charge in [0.15, 0.2) is 5.82 Å². The second-order valence-electron chi connectivity index (χ2n) is 3.04. The fourth-order valence-corrected chi connectivity index (χ4v) is 1.24. The summed E-state index contributed by atoms with van der Waals surface area (Å²) in [5.74, 6) is -1.43. The smallest absolute Gasteiger partial charge is 0.182 e. The molecule has 0 N–H and O–H groups in total. The summed E-state index contributed by atoms with van der Waals surface area (Å²) in [6.07, 6.45) is 0. The summed E-state index contributed by atoms with van der Waals surface area (Å²) in [4.78, 5) is 10.4. The first kappa shape index (κ1) is 10.2. The van der Waals surface area contributed by atoms with Crippen LogP contribution in [0.1, 0.15) is 0 Å². The van der Waals surface area contributed by atoms with Gasteiger partial charge in [-0.3, -0.25) is 0 Å². The zero-order chi connectivity index (χ0) is 11.5. The number of benzene rings is 1. The topological polar surface area (TPSA) is 83.7 Å². The van der Waals surface area contributed by atoms with Crippen molar-refractivity contribution in [1.82, 2.24) is 20.2 Å². The van der Waals surface area contributed by atoms with E-state index in [9.17, 15) is 14.3 Å². The maximum absolute atomic E-state index is 12.7. The van der Waals surface area contributed by atoms with Crippen LogP contribution in [0.5, 0.6) is 0 Å². The molecule has 7 heteroatoms. The molecule has 2 aromatic rings. The quantitative estimate of drug-likeness (QED) is 0.679. The largest absolute Gasteiger partial charge is 0.548 e. The van der Waals surface area contributed by atoms with Crippen LogP contribution in [0.4, 0.5) is 4.39 Å². The first-order valence-corrected chi connectivity index (χ1v) is 4.39. The molecule has 1 aromatic carbocycles. The highest BCUT2D eigenvalue weighted by Crippen LogP contribution is 2.15. The number of nitrogens with zero attached hydrogens (tertiary/aromatic N) is 4. The third-order valence-corrected chi connectivity index (χ3v) is 1.91. The number of carboxylic acids is 1. The molecule has 0 amide bonds. The minimum Gasteiger partial charge on any atom is -0.548 e. The molecule has 0 bridgehead atoms. The minimum atomic E-state index is -1.30. The molecule has 0 aliphatic rings. The summed E-state index contributed by atoms with van der Waals surface area (Å²) in [5, 5.41) is 20.9. The lowest BCUT2D eigenvalue weighted by atomic mass is 10.2. The maximum Gasteiger partial charge on any atom is 0.182 e. The normalized spacial score (nSPS) is 10.3. The summed E-state index contributed by atoms with van der Waals surface area (Å²) in [5.41, 5.74) is 0.535. The van der Waals surface area contributed by atoms with Crippen molar-refractivity contribution in [2.75, 3.05) is 0 Å². The predicted molar refractivity (Wildman–Crippen MR) is 48.2 cm³/mol. The molecule has 1 aromatic heterocycles. The second kappa shape index (κ2) is 4.05. The highest BCUT2D eigenvalue weighted by molar-refractivity contribution is 5.65. The Bertz CT molecular complexity index is 508. The maximum atomic E-state index is 12.7. The van der Waals surface area contributed by atoms with E-state index < -0.39 is 12.5 Å². The Morgan fingerprint density at radius 3 is 2.69 bits per heavy atom. The van der Waals surface area contributed by atoms with Crippen molar-refractivity contribution < 1.29 is 14.3 Å². The Balaban J connectivity index is 2.36. The van der Waals surface area contributed by atoms with E-state index in [1.54, 1.807) is 0 Å². The van der Waals surface area contributed by atoms with E-state index >= 15 is 0 Å². The van der Waals surface area contributed by atoms with Gasteiger partial charge in [0.05, 0.1) is 12.5 Å². The number of carbonyl (C=O) groups excluding carboxylic acids is 1. The molecule has 0 spiro atoms. The number of aromatic nitrogens is 4.